The molecule has 0 spiro atoms. The summed E-state index contributed by atoms with van der Waals surface area (Å²) >= 11 is 0. The molecule has 2 heterocycles. The standard InChI is InChI=1S/C20H14N4O6/c1-10(2)22-19(25)15-13-8-12(23(27)28)9-14(24(29)30)18(13)21-17(16(15)20(22)26)11-6-4-3-5-7-11/h3-10H,1-2H3. The van der Waals surface area contributed by atoms with Gasteiger partial charge < -0.3 is 0 Å². The van der Waals surface area contributed by atoms with E-state index in [0.29, 0.717) is 5.56 Å². The molecule has 0 atom stereocenters. The number of carbonyl (C=O) groups is 2. The van der Waals surface area contributed by atoms with Crippen molar-refractivity contribution in [2.45, 2.75) is 19.9 Å². The van der Waals surface area contributed by atoms with Crippen LogP contribution in [-0.4, -0.2) is 37.6 Å². The Labute approximate surface area is 169 Å². The number of non-ortho nitro benzene ring substituents is 2. The summed E-state index contributed by atoms with van der Waals surface area (Å²) in [7, 11) is 0. The molecule has 150 valence electrons. The number of amides is 2. The average Bonchev–Trinajstić information content (AvgIpc) is 2.98. The van der Waals surface area contributed by atoms with Gasteiger partial charge in [-0.05, 0) is 13.8 Å². The van der Waals surface area contributed by atoms with E-state index in [-0.39, 0.29) is 27.7 Å². The quantitative estimate of drug-likeness (QED) is 0.366. The molecular weight excluding hydrogens is 392 g/mol. The fraction of sp³-hybridized carbons (Fsp3) is 0.150. The van der Waals surface area contributed by atoms with Crippen LogP contribution in [0.3, 0.4) is 0 Å². The van der Waals surface area contributed by atoms with E-state index in [0.717, 1.165) is 17.0 Å². The Morgan fingerprint density at radius 1 is 0.933 bits per heavy atom. The fourth-order valence-electron chi connectivity index (χ4n) is 3.62. The number of benzene rings is 2. The number of nitro groups is 2. The highest BCUT2D eigenvalue weighted by molar-refractivity contribution is 6.29. The molecule has 3 aromatic rings. The van der Waals surface area contributed by atoms with Crippen molar-refractivity contribution < 1.29 is 19.4 Å². The minimum absolute atomic E-state index is 0.0119. The first-order valence-electron chi connectivity index (χ1n) is 8.96. The van der Waals surface area contributed by atoms with E-state index in [4.69, 9.17) is 0 Å². The zero-order chi connectivity index (χ0) is 21.7. The summed E-state index contributed by atoms with van der Waals surface area (Å²) in [4.78, 5) is 53.0. The van der Waals surface area contributed by atoms with Gasteiger partial charge in [0.15, 0.2) is 0 Å². The van der Waals surface area contributed by atoms with Crippen LogP contribution in [-0.2, 0) is 0 Å². The molecule has 0 bridgehead atoms. The van der Waals surface area contributed by atoms with E-state index in [1.54, 1.807) is 44.2 Å². The average molecular weight is 406 g/mol. The summed E-state index contributed by atoms with van der Waals surface area (Å²) in [5, 5.41) is 22.9. The molecule has 1 aliphatic heterocycles. The third-order valence-corrected chi connectivity index (χ3v) is 4.89. The predicted molar refractivity (Wildman–Crippen MR) is 106 cm³/mol. The molecular formula is C20H14N4O6. The number of hydrogen-bond donors (Lipinski definition) is 0. The minimum Gasteiger partial charge on any atom is -0.272 e. The van der Waals surface area contributed by atoms with Crippen molar-refractivity contribution in [1.29, 1.82) is 0 Å². The Hall–Kier alpha value is -4.21. The zero-order valence-corrected chi connectivity index (χ0v) is 15.9. The Kier molecular flexibility index (Phi) is 4.27. The molecule has 0 saturated heterocycles. The van der Waals surface area contributed by atoms with Gasteiger partial charge in [0.05, 0.1) is 32.7 Å². The van der Waals surface area contributed by atoms with Crippen LogP contribution in [0.25, 0.3) is 22.2 Å². The summed E-state index contributed by atoms with van der Waals surface area (Å²) in [5.41, 5.74) is -0.857. The van der Waals surface area contributed by atoms with Crippen molar-refractivity contribution in [3.8, 4) is 11.3 Å². The number of fused-ring (bicyclic) bond motifs is 3. The van der Waals surface area contributed by atoms with Gasteiger partial charge in [-0.1, -0.05) is 30.3 Å². The minimum atomic E-state index is -0.787. The Balaban J connectivity index is 2.21. The van der Waals surface area contributed by atoms with E-state index in [9.17, 15) is 29.8 Å². The van der Waals surface area contributed by atoms with E-state index in [1.807, 2.05) is 0 Å². The second-order valence-electron chi connectivity index (χ2n) is 7.03. The molecule has 0 saturated carbocycles. The van der Waals surface area contributed by atoms with Crippen LogP contribution in [0.15, 0.2) is 42.5 Å². The summed E-state index contributed by atoms with van der Waals surface area (Å²) in [6.45, 7) is 3.31. The lowest BCUT2D eigenvalue weighted by molar-refractivity contribution is -0.393. The van der Waals surface area contributed by atoms with Crippen LogP contribution in [0, 0.1) is 20.2 Å². The number of rotatable bonds is 4. The highest BCUT2D eigenvalue weighted by Gasteiger charge is 2.42. The molecule has 4 rings (SSSR count). The maximum Gasteiger partial charge on any atom is 0.302 e. The van der Waals surface area contributed by atoms with Gasteiger partial charge in [-0.2, -0.15) is 0 Å². The molecule has 2 amide bonds. The lowest BCUT2D eigenvalue weighted by atomic mass is 9.97. The van der Waals surface area contributed by atoms with Gasteiger partial charge in [0, 0.05) is 23.1 Å². The van der Waals surface area contributed by atoms with Gasteiger partial charge in [-0.25, -0.2) is 4.98 Å². The third kappa shape index (κ3) is 2.69. The Morgan fingerprint density at radius 2 is 1.57 bits per heavy atom. The molecule has 0 unspecified atom stereocenters. The summed E-state index contributed by atoms with van der Waals surface area (Å²) in [6.07, 6.45) is 0. The SMILES string of the molecule is CC(C)N1C(=O)c2c(-c3ccccc3)nc3c([N+](=O)[O-])cc([N+](=O)[O-])cc3c2C1=O. The molecule has 0 aliphatic carbocycles. The first-order chi connectivity index (χ1) is 14.2. The summed E-state index contributed by atoms with van der Waals surface area (Å²) in [5.74, 6) is -1.25. The van der Waals surface area contributed by atoms with E-state index in [1.165, 1.54) is 0 Å². The van der Waals surface area contributed by atoms with E-state index >= 15 is 0 Å². The van der Waals surface area contributed by atoms with Crippen molar-refractivity contribution >= 4 is 34.1 Å². The zero-order valence-electron chi connectivity index (χ0n) is 15.9. The van der Waals surface area contributed by atoms with Gasteiger partial charge in [0.2, 0.25) is 0 Å². The molecule has 0 N–H and O–H groups in total. The number of pyridine rings is 1. The molecule has 0 radical (unpaired) electrons. The van der Waals surface area contributed by atoms with Crippen LogP contribution in [0.1, 0.15) is 34.6 Å². The molecule has 0 fully saturated rings. The van der Waals surface area contributed by atoms with Crippen molar-refractivity contribution in [2.75, 3.05) is 0 Å². The largest absolute Gasteiger partial charge is 0.302 e. The number of hydrogen-bond acceptors (Lipinski definition) is 7. The molecule has 30 heavy (non-hydrogen) atoms. The van der Waals surface area contributed by atoms with Crippen LogP contribution >= 0.6 is 0 Å². The van der Waals surface area contributed by atoms with Crippen molar-refractivity contribution in [1.82, 2.24) is 9.88 Å². The fourth-order valence-corrected chi connectivity index (χ4v) is 3.62. The molecule has 1 aromatic heterocycles. The molecule has 1 aliphatic rings. The van der Waals surface area contributed by atoms with Crippen molar-refractivity contribution in [3.05, 3.63) is 73.8 Å². The van der Waals surface area contributed by atoms with Gasteiger partial charge in [0.25, 0.3) is 17.5 Å². The van der Waals surface area contributed by atoms with Crippen LogP contribution < -0.4 is 0 Å². The highest BCUT2D eigenvalue weighted by Crippen LogP contribution is 2.40. The topological polar surface area (TPSA) is 137 Å². The molecule has 10 nitrogen and oxygen atoms in total. The second kappa shape index (κ2) is 6.69. The van der Waals surface area contributed by atoms with Crippen molar-refractivity contribution in [2.24, 2.45) is 0 Å². The van der Waals surface area contributed by atoms with Crippen LogP contribution in [0.2, 0.25) is 0 Å². The van der Waals surface area contributed by atoms with E-state index < -0.39 is 39.1 Å². The Morgan fingerprint density at radius 3 is 2.13 bits per heavy atom. The Bertz CT molecular complexity index is 1270. The van der Waals surface area contributed by atoms with Gasteiger partial charge in [-0.3, -0.25) is 34.7 Å². The van der Waals surface area contributed by atoms with E-state index in [2.05, 4.69) is 4.98 Å². The normalized spacial score (nSPS) is 13.2. The molecule has 10 heteroatoms. The summed E-state index contributed by atoms with van der Waals surface area (Å²) < 4.78 is 0. The van der Waals surface area contributed by atoms with Crippen LogP contribution in [0.5, 0.6) is 0 Å². The van der Waals surface area contributed by atoms with Crippen LogP contribution in [0.4, 0.5) is 11.4 Å². The first-order valence-corrected chi connectivity index (χ1v) is 8.96. The number of nitrogens with zero attached hydrogens (tertiary/aromatic N) is 4. The smallest absolute Gasteiger partial charge is 0.272 e. The van der Waals surface area contributed by atoms with Gasteiger partial charge >= 0.3 is 5.69 Å². The maximum atomic E-state index is 13.1. The predicted octanol–water partition coefficient (Wildman–Crippen LogP) is 3.72. The van der Waals surface area contributed by atoms with Gasteiger partial charge in [-0.15, -0.1) is 0 Å². The number of imide groups is 1. The molecule has 2 aromatic carbocycles. The highest BCUT2D eigenvalue weighted by atomic mass is 16.6. The lowest BCUT2D eigenvalue weighted by Gasteiger charge is -2.17. The summed E-state index contributed by atoms with van der Waals surface area (Å²) in [6, 6.07) is 9.88. The lowest BCUT2D eigenvalue weighted by Crippen LogP contribution is -2.36. The first kappa shape index (κ1) is 19.1. The number of nitro benzene ring substituents is 2. The number of carbonyl (C=O) groups excluding carboxylic acids is 2. The third-order valence-electron chi connectivity index (χ3n) is 4.89. The number of aromatic nitrogens is 1. The second-order valence-corrected chi connectivity index (χ2v) is 7.03. The van der Waals surface area contributed by atoms with Gasteiger partial charge in [0.1, 0.15) is 5.52 Å². The van der Waals surface area contributed by atoms with Crippen molar-refractivity contribution in [3.63, 3.8) is 0 Å². The monoisotopic (exact) mass is 406 g/mol. The maximum absolute atomic E-state index is 13.1.